The monoisotopic (exact) mass is 510 g/mol. The van der Waals surface area contributed by atoms with Gasteiger partial charge in [0.05, 0.1) is 28.1 Å². The van der Waals surface area contributed by atoms with E-state index in [1.54, 1.807) is 6.20 Å². The molecule has 0 saturated heterocycles. The van der Waals surface area contributed by atoms with Crippen LogP contribution in [-0.2, 0) is 17.6 Å². The lowest BCUT2D eigenvalue weighted by molar-refractivity contribution is 0.0405. The topological polar surface area (TPSA) is 91.7 Å². The average Bonchev–Trinajstić information content (AvgIpc) is 3.33. The minimum absolute atomic E-state index is 0.0797. The van der Waals surface area contributed by atoms with Gasteiger partial charge >= 0.3 is 6.09 Å². The molecule has 3 aromatic rings. The molecule has 0 fully saturated rings. The molecular formula is C29H38N2O4S. The summed E-state index contributed by atoms with van der Waals surface area (Å²) < 4.78 is 5.48. The molecule has 1 unspecified atom stereocenters. The van der Waals surface area contributed by atoms with Gasteiger partial charge in [0, 0.05) is 12.1 Å². The molecule has 0 aliphatic rings. The number of benzene rings is 2. The summed E-state index contributed by atoms with van der Waals surface area (Å²) in [5.41, 5.74) is 1.52. The van der Waals surface area contributed by atoms with Crippen molar-refractivity contribution in [2.45, 2.75) is 83.1 Å². The number of aliphatic hydroxyl groups excluding tert-OH is 2. The van der Waals surface area contributed by atoms with E-state index >= 15 is 0 Å². The van der Waals surface area contributed by atoms with Gasteiger partial charge in [0.1, 0.15) is 5.60 Å². The quantitative estimate of drug-likeness (QED) is 0.303. The third-order valence-corrected chi connectivity index (χ3v) is 7.18. The third-order valence-electron chi connectivity index (χ3n) is 5.92. The van der Waals surface area contributed by atoms with Gasteiger partial charge in [-0.25, -0.2) is 9.78 Å². The highest BCUT2D eigenvalue weighted by Crippen LogP contribution is 2.33. The lowest BCUT2D eigenvalue weighted by atomic mass is 9.89. The second-order valence-electron chi connectivity index (χ2n) is 10.2. The minimum atomic E-state index is -0.838. The van der Waals surface area contributed by atoms with Crippen molar-refractivity contribution in [3.05, 3.63) is 87.9 Å². The first-order valence-corrected chi connectivity index (χ1v) is 13.4. The minimum Gasteiger partial charge on any atom is -0.444 e. The number of aromatic nitrogens is 1. The molecule has 36 heavy (non-hydrogen) atoms. The Balaban J connectivity index is 1.84. The molecular weight excluding hydrogens is 472 g/mol. The lowest BCUT2D eigenvalue weighted by Gasteiger charge is -2.29. The Labute approximate surface area is 218 Å². The second kappa shape index (κ2) is 13.0. The standard InChI is InChI=1S/C29H38N2O4S/c1-5-24(32)26-19-30-27(36-26)22(16-20-12-8-6-9-13-20)18-25(33)23(17-21-14-10-7-11-15-21)31-28(34)35-29(2,3)4/h6-15,19,22-25,32-33H,5,16-18H2,1-4H3,(H,31,34)/t22-,23+,24?,25+/m1/s1. The Morgan fingerprint density at radius 2 is 1.58 bits per heavy atom. The zero-order valence-corrected chi connectivity index (χ0v) is 22.4. The predicted octanol–water partition coefficient (Wildman–Crippen LogP) is 5.80. The largest absolute Gasteiger partial charge is 0.444 e. The number of amides is 1. The molecule has 3 N–H and O–H groups in total. The van der Waals surface area contributed by atoms with Gasteiger partial charge in [-0.2, -0.15) is 0 Å². The van der Waals surface area contributed by atoms with Crippen LogP contribution in [0.3, 0.4) is 0 Å². The number of hydrogen-bond acceptors (Lipinski definition) is 6. The Morgan fingerprint density at radius 1 is 1.00 bits per heavy atom. The fourth-order valence-electron chi connectivity index (χ4n) is 4.08. The fourth-order valence-corrected chi connectivity index (χ4v) is 5.18. The molecule has 0 bridgehead atoms. The van der Waals surface area contributed by atoms with Gasteiger partial charge in [-0.1, -0.05) is 67.6 Å². The Morgan fingerprint density at radius 3 is 2.14 bits per heavy atom. The predicted molar refractivity (Wildman–Crippen MR) is 144 cm³/mol. The third kappa shape index (κ3) is 8.73. The van der Waals surface area contributed by atoms with Crippen LogP contribution >= 0.6 is 11.3 Å². The number of carbonyl (C=O) groups is 1. The SMILES string of the molecule is CCC(O)c1cnc([C@H](Cc2ccccc2)C[C@H](O)[C@H](Cc2ccccc2)NC(=O)OC(C)(C)C)s1. The van der Waals surface area contributed by atoms with Crippen molar-refractivity contribution in [1.82, 2.24) is 10.3 Å². The maximum Gasteiger partial charge on any atom is 0.407 e. The summed E-state index contributed by atoms with van der Waals surface area (Å²) in [6, 6.07) is 19.4. The summed E-state index contributed by atoms with van der Waals surface area (Å²) in [4.78, 5) is 18.1. The van der Waals surface area contributed by atoms with Crippen LogP contribution in [0.25, 0.3) is 0 Å². The molecule has 4 atom stereocenters. The summed E-state index contributed by atoms with van der Waals surface area (Å²) >= 11 is 1.49. The summed E-state index contributed by atoms with van der Waals surface area (Å²) in [6.07, 6.45) is 1.98. The van der Waals surface area contributed by atoms with Gasteiger partial charge in [-0.3, -0.25) is 0 Å². The molecule has 1 amide bonds. The van der Waals surface area contributed by atoms with E-state index in [2.05, 4.69) is 22.4 Å². The number of alkyl carbamates (subject to hydrolysis) is 1. The van der Waals surface area contributed by atoms with Crippen molar-refractivity contribution >= 4 is 17.4 Å². The molecule has 7 heteroatoms. The molecule has 1 aromatic heterocycles. The van der Waals surface area contributed by atoms with E-state index in [9.17, 15) is 15.0 Å². The molecule has 0 spiro atoms. The van der Waals surface area contributed by atoms with E-state index in [-0.39, 0.29) is 5.92 Å². The number of ether oxygens (including phenoxy) is 1. The zero-order chi connectivity index (χ0) is 26.1. The van der Waals surface area contributed by atoms with Crippen molar-refractivity contribution in [2.75, 3.05) is 0 Å². The first-order chi connectivity index (χ1) is 17.1. The van der Waals surface area contributed by atoms with Gasteiger partial charge < -0.3 is 20.3 Å². The fraction of sp³-hybridized carbons (Fsp3) is 0.448. The number of hydrogen-bond donors (Lipinski definition) is 3. The molecule has 0 radical (unpaired) electrons. The van der Waals surface area contributed by atoms with Gasteiger partial charge in [-0.15, -0.1) is 11.3 Å². The summed E-state index contributed by atoms with van der Waals surface area (Å²) in [6.45, 7) is 7.38. The summed E-state index contributed by atoms with van der Waals surface area (Å²) in [5, 5.41) is 25.5. The highest BCUT2D eigenvalue weighted by molar-refractivity contribution is 7.11. The van der Waals surface area contributed by atoms with E-state index in [0.717, 1.165) is 21.0 Å². The number of nitrogens with zero attached hydrogens (tertiary/aromatic N) is 1. The Hall–Kier alpha value is -2.74. The van der Waals surface area contributed by atoms with Crippen LogP contribution in [0.5, 0.6) is 0 Å². The second-order valence-corrected chi connectivity index (χ2v) is 11.3. The Kier molecular flexibility index (Phi) is 10.0. The van der Waals surface area contributed by atoms with Gasteiger partial charge in [0.2, 0.25) is 0 Å². The van der Waals surface area contributed by atoms with Crippen molar-refractivity contribution < 1.29 is 19.7 Å². The van der Waals surface area contributed by atoms with E-state index in [4.69, 9.17) is 4.74 Å². The average molecular weight is 511 g/mol. The van der Waals surface area contributed by atoms with Crippen LogP contribution in [0, 0.1) is 0 Å². The number of aliphatic hydroxyl groups is 2. The van der Waals surface area contributed by atoms with Crippen LogP contribution < -0.4 is 5.32 Å². The van der Waals surface area contributed by atoms with Gasteiger partial charge in [0.25, 0.3) is 0 Å². The zero-order valence-electron chi connectivity index (χ0n) is 21.6. The van der Waals surface area contributed by atoms with Crippen LogP contribution in [0.1, 0.15) is 73.6 Å². The van der Waals surface area contributed by atoms with Crippen molar-refractivity contribution in [2.24, 2.45) is 0 Å². The normalized spacial score (nSPS) is 15.1. The summed E-state index contributed by atoms with van der Waals surface area (Å²) in [5.74, 6) is -0.0797. The van der Waals surface area contributed by atoms with E-state index in [1.165, 1.54) is 11.3 Å². The first-order valence-electron chi connectivity index (χ1n) is 12.5. The van der Waals surface area contributed by atoms with Crippen molar-refractivity contribution in [3.63, 3.8) is 0 Å². The number of rotatable bonds is 11. The van der Waals surface area contributed by atoms with Crippen molar-refractivity contribution in [3.8, 4) is 0 Å². The van der Waals surface area contributed by atoms with Crippen molar-refractivity contribution in [1.29, 1.82) is 0 Å². The number of carbonyl (C=O) groups excluding carboxylic acids is 1. The van der Waals surface area contributed by atoms with Gasteiger partial charge in [0.15, 0.2) is 0 Å². The lowest BCUT2D eigenvalue weighted by Crippen LogP contribution is -2.47. The molecule has 1 heterocycles. The molecule has 0 aliphatic carbocycles. The van der Waals surface area contributed by atoms with E-state index in [0.29, 0.717) is 25.7 Å². The maximum atomic E-state index is 12.6. The highest BCUT2D eigenvalue weighted by atomic mass is 32.1. The molecule has 2 aromatic carbocycles. The summed E-state index contributed by atoms with van der Waals surface area (Å²) in [7, 11) is 0. The first kappa shape index (κ1) is 27.8. The van der Waals surface area contributed by atoms with E-state index in [1.807, 2.05) is 76.2 Å². The number of thiazole rings is 1. The molecule has 194 valence electrons. The molecule has 6 nitrogen and oxygen atoms in total. The van der Waals surface area contributed by atoms with Crippen LogP contribution in [0.4, 0.5) is 4.79 Å². The van der Waals surface area contributed by atoms with Crippen LogP contribution in [0.15, 0.2) is 66.9 Å². The molecule has 0 saturated carbocycles. The maximum absolute atomic E-state index is 12.6. The highest BCUT2D eigenvalue weighted by Gasteiger charge is 2.29. The van der Waals surface area contributed by atoms with Gasteiger partial charge in [-0.05, 0) is 57.6 Å². The molecule has 0 aliphatic heterocycles. The van der Waals surface area contributed by atoms with Crippen LogP contribution in [-0.4, -0.2) is 39.0 Å². The smallest absolute Gasteiger partial charge is 0.407 e. The molecule has 3 rings (SSSR count). The van der Waals surface area contributed by atoms with E-state index < -0.39 is 29.9 Å². The van der Waals surface area contributed by atoms with Crippen LogP contribution in [0.2, 0.25) is 0 Å². The number of nitrogens with one attached hydrogen (secondary N) is 1. The Bertz CT molecular complexity index is 1070.